The summed E-state index contributed by atoms with van der Waals surface area (Å²) in [6, 6.07) is 4.94. The molecule has 114 valence electrons. The normalized spacial score (nSPS) is 18.2. The maximum absolute atomic E-state index is 12.7. The standard InChI is InChI=1S/C14H15Cl2NO3S/c1-2-3-12(9-6-10(15)8-11(16)7-9)21(20)17-13(18)4-5-14(17)19/h6-8,12H,2-5H2,1H3. The first-order chi connectivity index (χ1) is 9.93. The van der Waals surface area contributed by atoms with Gasteiger partial charge in [0.1, 0.15) is 0 Å². The molecule has 1 saturated heterocycles. The first-order valence-corrected chi connectivity index (χ1v) is 8.59. The van der Waals surface area contributed by atoms with Gasteiger partial charge in [-0.3, -0.25) is 9.59 Å². The van der Waals surface area contributed by atoms with Gasteiger partial charge in [0.2, 0.25) is 0 Å². The van der Waals surface area contributed by atoms with Crippen LogP contribution in [0.4, 0.5) is 0 Å². The Bertz CT molecular complexity index is 531. The molecule has 0 saturated carbocycles. The number of imide groups is 1. The van der Waals surface area contributed by atoms with Gasteiger partial charge in [0, 0.05) is 34.9 Å². The van der Waals surface area contributed by atoms with Gasteiger partial charge in [-0.1, -0.05) is 40.9 Å². The Balaban J connectivity index is 2.33. The number of hydrogen-bond acceptors (Lipinski definition) is 3. The minimum atomic E-state index is -1.74. The van der Waals surface area contributed by atoms with Gasteiger partial charge in [-0.2, -0.15) is 0 Å². The predicted octanol–water partition coefficient (Wildman–Crippen LogP) is 3.65. The topological polar surface area (TPSA) is 60.4 Å². The third-order valence-electron chi connectivity index (χ3n) is 3.24. The Labute approximate surface area is 136 Å². The summed E-state index contributed by atoms with van der Waals surface area (Å²) in [6.07, 6.45) is 1.58. The van der Waals surface area contributed by atoms with Gasteiger partial charge < -0.3 is 4.55 Å². The van der Waals surface area contributed by atoms with E-state index in [9.17, 15) is 14.1 Å². The van der Waals surface area contributed by atoms with Crippen LogP contribution in [0.15, 0.2) is 18.2 Å². The number of amides is 2. The average molecular weight is 348 g/mol. The largest absolute Gasteiger partial charge is 0.592 e. The Morgan fingerprint density at radius 1 is 1.19 bits per heavy atom. The van der Waals surface area contributed by atoms with Gasteiger partial charge in [0.15, 0.2) is 5.25 Å². The van der Waals surface area contributed by atoms with Crippen molar-refractivity contribution in [1.82, 2.24) is 4.31 Å². The molecular formula is C14H15Cl2NO3S. The lowest BCUT2D eigenvalue weighted by Crippen LogP contribution is -2.38. The highest BCUT2D eigenvalue weighted by Gasteiger charge is 2.43. The van der Waals surface area contributed by atoms with Crippen LogP contribution in [0.5, 0.6) is 0 Å². The lowest BCUT2D eigenvalue weighted by Gasteiger charge is -2.25. The average Bonchev–Trinajstić information content (AvgIpc) is 2.73. The van der Waals surface area contributed by atoms with Crippen molar-refractivity contribution in [3.63, 3.8) is 0 Å². The van der Waals surface area contributed by atoms with Crippen molar-refractivity contribution in [3.8, 4) is 0 Å². The summed E-state index contributed by atoms with van der Waals surface area (Å²) in [4.78, 5) is 23.5. The van der Waals surface area contributed by atoms with Crippen LogP contribution in [-0.4, -0.2) is 20.7 Å². The van der Waals surface area contributed by atoms with E-state index in [2.05, 4.69) is 0 Å². The molecular weight excluding hydrogens is 333 g/mol. The summed E-state index contributed by atoms with van der Waals surface area (Å²) < 4.78 is 13.6. The fourth-order valence-corrected chi connectivity index (χ4v) is 4.48. The van der Waals surface area contributed by atoms with Crippen molar-refractivity contribution < 1.29 is 14.1 Å². The molecule has 0 bridgehead atoms. The minimum absolute atomic E-state index is 0.125. The Morgan fingerprint density at radius 2 is 1.71 bits per heavy atom. The van der Waals surface area contributed by atoms with Gasteiger partial charge in [0.25, 0.3) is 11.8 Å². The molecule has 1 fully saturated rings. The molecule has 0 aromatic heterocycles. The predicted molar refractivity (Wildman–Crippen MR) is 83.3 cm³/mol. The minimum Gasteiger partial charge on any atom is -0.592 e. The first-order valence-electron chi connectivity index (χ1n) is 6.66. The number of benzene rings is 1. The van der Waals surface area contributed by atoms with E-state index in [0.717, 1.165) is 10.7 Å². The van der Waals surface area contributed by atoms with Crippen molar-refractivity contribution in [3.05, 3.63) is 33.8 Å². The van der Waals surface area contributed by atoms with Gasteiger partial charge in [0.05, 0.1) is 11.4 Å². The van der Waals surface area contributed by atoms with Crippen molar-refractivity contribution in [2.45, 2.75) is 37.9 Å². The van der Waals surface area contributed by atoms with Gasteiger partial charge in [-0.05, 0) is 18.2 Å². The Kier molecular flexibility index (Phi) is 5.54. The molecule has 1 aromatic carbocycles. The number of hydrogen-bond donors (Lipinski definition) is 0. The van der Waals surface area contributed by atoms with Crippen molar-refractivity contribution in [2.75, 3.05) is 0 Å². The maximum atomic E-state index is 12.7. The summed E-state index contributed by atoms with van der Waals surface area (Å²) in [6.45, 7) is 1.95. The van der Waals surface area contributed by atoms with E-state index in [1.807, 2.05) is 6.92 Å². The molecule has 4 nitrogen and oxygen atoms in total. The molecule has 0 radical (unpaired) electrons. The van der Waals surface area contributed by atoms with E-state index in [-0.39, 0.29) is 24.7 Å². The van der Waals surface area contributed by atoms with Crippen LogP contribution in [0.3, 0.4) is 0 Å². The highest BCUT2D eigenvalue weighted by Crippen LogP contribution is 2.35. The van der Waals surface area contributed by atoms with E-state index in [4.69, 9.17) is 23.2 Å². The molecule has 2 amide bonds. The summed E-state index contributed by atoms with van der Waals surface area (Å²) >= 11 is 10.2. The molecule has 0 spiro atoms. The summed E-state index contributed by atoms with van der Waals surface area (Å²) in [5.74, 6) is -0.764. The van der Waals surface area contributed by atoms with Crippen LogP contribution < -0.4 is 0 Å². The smallest absolute Gasteiger partial charge is 0.273 e. The molecule has 2 atom stereocenters. The molecule has 0 N–H and O–H groups in total. The molecule has 1 aliphatic rings. The third kappa shape index (κ3) is 3.72. The second kappa shape index (κ2) is 7.01. The lowest BCUT2D eigenvalue weighted by molar-refractivity contribution is -0.132. The number of halogens is 2. The SMILES string of the molecule is CCCC(c1cc(Cl)cc(Cl)c1)[S+]([O-])N1C(=O)CCC1=O. The number of rotatable bonds is 5. The highest BCUT2D eigenvalue weighted by molar-refractivity contribution is 7.90. The zero-order chi connectivity index (χ0) is 15.6. The molecule has 1 aromatic rings. The van der Waals surface area contributed by atoms with Crippen LogP contribution in [0, 0.1) is 0 Å². The maximum Gasteiger partial charge on any atom is 0.273 e. The van der Waals surface area contributed by atoms with Gasteiger partial charge >= 0.3 is 0 Å². The van der Waals surface area contributed by atoms with Gasteiger partial charge in [-0.15, -0.1) is 0 Å². The molecule has 2 rings (SSSR count). The summed E-state index contributed by atoms with van der Waals surface area (Å²) in [7, 11) is 0. The quantitative estimate of drug-likeness (QED) is 0.603. The monoisotopic (exact) mass is 347 g/mol. The van der Waals surface area contributed by atoms with Gasteiger partial charge in [-0.25, -0.2) is 0 Å². The van der Waals surface area contributed by atoms with Crippen molar-refractivity contribution in [1.29, 1.82) is 0 Å². The molecule has 0 aliphatic carbocycles. The third-order valence-corrected chi connectivity index (χ3v) is 5.43. The highest BCUT2D eigenvalue weighted by atomic mass is 35.5. The first kappa shape index (κ1) is 16.6. The molecule has 7 heteroatoms. The fraction of sp³-hybridized carbons (Fsp3) is 0.429. The van der Waals surface area contributed by atoms with E-state index >= 15 is 0 Å². The summed E-state index contributed by atoms with van der Waals surface area (Å²) in [5.41, 5.74) is 0.681. The van der Waals surface area contributed by atoms with E-state index in [1.54, 1.807) is 18.2 Å². The van der Waals surface area contributed by atoms with E-state index in [1.165, 1.54) is 0 Å². The lowest BCUT2D eigenvalue weighted by atomic mass is 10.1. The number of carbonyl (C=O) groups excluding carboxylic acids is 2. The van der Waals surface area contributed by atoms with Crippen LogP contribution in [0.1, 0.15) is 43.4 Å². The fourth-order valence-electron chi connectivity index (χ4n) is 2.29. The molecule has 21 heavy (non-hydrogen) atoms. The van der Waals surface area contributed by atoms with Crippen LogP contribution in [0.2, 0.25) is 10.0 Å². The molecule has 2 unspecified atom stereocenters. The molecule has 1 heterocycles. The van der Waals surface area contributed by atoms with Crippen LogP contribution in [0.25, 0.3) is 0 Å². The summed E-state index contributed by atoms with van der Waals surface area (Å²) in [5, 5.41) is 0.404. The Hall–Kier alpha value is -0.750. The zero-order valence-corrected chi connectivity index (χ0v) is 13.8. The van der Waals surface area contributed by atoms with Crippen LogP contribution >= 0.6 is 23.2 Å². The second-order valence-electron chi connectivity index (χ2n) is 4.84. The zero-order valence-electron chi connectivity index (χ0n) is 11.5. The molecule has 1 aliphatic heterocycles. The van der Waals surface area contributed by atoms with Crippen molar-refractivity contribution in [2.24, 2.45) is 0 Å². The number of nitrogens with zero attached hydrogens (tertiary/aromatic N) is 1. The Morgan fingerprint density at radius 3 is 2.19 bits per heavy atom. The van der Waals surface area contributed by atoms with Crippen molar-refractivity contribution >= 4 is 46.4 Å². The number of carbonyl (C=O) groups is 2. The van der Waals surface area contributed by atoms with E-state index < -0.39 is 16.6 Å². The van der Waals surface area contributed by atoms with Crippen LogP contribution in [-0.2, 0) is 21.0 Å². The van der Waals surface area contributed by atoms with E-state index in [0.29, 0.717) is 22.0 Å². The second-order valence-corrected chi connectivity index (χ2v) is 7.20.